The molecule has 2 aromatic rings. The molecule has 4 heteroatoms. The van der Waals surface area contributed by atoms with Crippen LogP contribution in [-0.2, 0) is 6.42 Å². The maximum atomic E-state index is 4.65. The minimum atomic E-state index is 0.297. The molecule has 1 heterocycles. The minimum Gasteiger partial charge on any atom is -0.343 e. The maximum Gasteiger partial charge on any atom is 0.152 e. The smallest absolute Gasteiger partial charge is 0.152 e. The molecule has 0 spiro atoms. The first-order chi connectivity index (χ1) is 14.7. The number of rotatable bonds is 9. The summed E-state index contributed by atoms with van der Waals surface area (Å²) in [6, 6.07) is 7.11. The number of aromatic amines is 1. The molecule has 1 fully saturated rings. The predicted octanol–water partition coefficient (Wildman–Crippen LogP) is 7.13. The van der Waals surface area contributed by atoms with Crippen molar-refractivity contribution < 1.29 is 0 Å². The number of aryl methyl sites for hydroxylation is 2. The second kappa shape index (κ2) is 10.3. The van der Waals surface area contributed by atoms with Gasteiger partial charge in [-0.2, -0.15) is 5.10 Å². The van der Waals surface area contributed by atoms with Crippen LogP contribution in [0.3, 0.4) is 0 Å². The zero-order valence-corrected chi connectivity index (χ0v) is 20.3. The van der Waals surface area contributed by atoms with Gasteiger partial charge in [-0.15, -0.1) is 0 Å². The Morgan fingerprint density at radius 3 is 2.68 bits per heavy atom. The normalized spacial score (nSPS) is 19.1. The topological polar surface area (TPSA) is 53.1 Å². The molecule has 2 N–H and O–H groups in total. The molecule has 1 aromatic carbocycles. The van der Waals surface area contributed by atoms with Crippen LogP contribution < -0.4 is 5.32 Å². The lowest BCUT2D eigenvalue weighted by molar-refractivity contribution is 0.591. The van der Waals surface area contributed by atoms with Gasteiger partial charge in [-0.05, 0) is 80.5 Å². The predicted molar refractivity (Wildman–Crippen MR) is 133 cm³/mol. The van der Waals surface area contributed by atoms with Gasteiger partial charge in [0.2, 0.25) is 0 Å². The van der Waals surface area contributed by atoms with Crippen LogP contribution in [0.25, 0.3) is 0 Å². The van der Waals surface area contributed by atoms with E-state index in [-0.39, 0.29) is 0 Å². The second-order valence-corrected chi connectivity index (χ2v) is 9.99. The largest absolute Gasteiger partial charge is 0.343 e. The van der Waals surface area contributed by atoms with Crippen LogP contribution in [0.2, 0.25) is 0 Å². The molecule has 1 saturated carbocycles. The van der Waals surface area contributed by atoms with Gasteiger partial charge in [0, 0.05) is 35.6 Å². The Hall–Kier alpha value is -2.36. The van der Waals surface area contributed by atoms with E-state index in [2.05, 4.69) is 93.0 Å². The highest BCUT2D eigenvalue weighted by molar-refractivity contribution is 5.84. The molecule has 2 atom stereocenters. The number of H-pyrrole nitrogens is 1. The summed E-state index contributed by atoms with van der Waals surface area (Å²) < 4.78 is 0. The molecule has 1 aliphatic carbocycles. The van der Waals surface area contributed by atoms with E-state index in [1.807, 2.05) is 0 Å². The Labute approximate surface area is 188 Å². The highest BCUT2D eigenvalue weighted by atomic mass is 15.2. The molecule has 168 valence electrons. The Morgan fingerprint density at radius 1 is 1.26 bits per heavy atom. The molecule has 0 bridgehead atoms. The second-order valence-electron chi connectivity index (χ2n) is 9.99. The van der Waals surface area contributed by atoms with Crippen molar-refractivity contribution in [2.24, 2.45) is 10.9 Å². The number of aromatic nitrogens is 2. The zero-order valence-electron chi connectivity index (χ0n) is 20.3. The Kier molecular flexibility index (Phi) is 7.74. The Balaban J connectivity index is 1.67. The minimum absolute atomic E-state index is 0.297. The van der Waals surface area contributed by atoms with E-state index in [0.717, 1.165) is 30.3 Å². The van der Waals surface area contributed by atoms with Gasteiger partial charge in [0.05, 0.1) is 0 Å². The van der Waals surface area contributed by atoms with Crippen LogP contribution in [0.15, 0.2) is 35.5 Å². The number of nitrogens with one attached hydrogen (secondary N) is 2. The lowest BCUT2D eigenvalue weighted by atomic mass is 9.91. The number of allylic oxidation sites excluding steroid dienone is 1. The van der Waals surface area contributed by atoms with Crippen molar-refractivity contribution in [1.82, 2.24) is 10.2 Å². The van der Waals surface area contributed by atoms with Crippen LogP contribution in [0.4, 0.5) is 5.82 Å². The third kappa shape index (κ3) is 6.32. The van der Waals surface area contributed by atoms with E-state index in [0.29, 0.717) is 17.9 Å². The molecular formula is C27H40N4. The molecular weight excluding hydrogens is 380 g/mol. The molecule has 3 rings (SSSR count). The molecule has 2 unspecified atom stereocenters. The molecule has 0 saturated heterocycles. The summed E-state index contributed by atoms with van der Waals surface area (Å²) in [6.45, 7) is 17.5. The number of hydrogen-bond donors (Lipinski definition) is 2. The molecule has 1 aliphatic rings. The van der Waals surface area contributed by atoms with E-state index in [9.17, 15) is 0 Å². The van der Waals surface area contributed by atoms with Crippen molar-refractivity contribution in [3.8, 4) is 0 Å². The van der Waals surface area contributed by atoms with Gasteiger partial charge in [-0.3, -0.25) is 10.1 Å². The molecule has 4 nitrogen and oxygen atoms in total. The standard InChI is InChI=1S/C27H40N4/c1-17(2)24-13-20(6)25(16-28-18(3)4)22(14-24)11-9-21(7)29-27-15-26(30-31-27)23-10-8-19(5)12-23/h13-19,23H,7-12H2,1-6H3,(H2,29,30,31). The summed E-state index contributed by atoms with van der Waals surface area (Å²) in [6.07, 6.45) is 7.69. The number of aliphatic imine (C=N–C) groups is 1. The highest BCUT2D eigenvalue weighted by Crippen LogP contribution is 2.37. The molecule has 31 heavy (non-hydrogen) atoms. The first-order valence-electron chi connectivity index (χ1n) is 11.9. The van der Waals surface area contributed by atoms with Gasteiger partial charge >= 0.3 is 0 Å². The van der Waals surface area contributed by atoms with Crippen LogP contribution in [-0.4, -0.2) is 22.5 Å². The van der Waals surface area contributed by atoms with Crippen molar-refractivity contribution in [2.45, 2.75) is 91.5 Å². The SMILES string of the molecule is C=C(CCc1cc(C(C)C)cc(C)c1C=NC(C)C)Nc1cc(C2CCC(C)C2)[nH]n1. The fourth-order valence-corrected chi connectivity index (χ4v) is 4.48. The first kappa shape index (κ1) is 23.3. The summed E-state index contributed by atoms with van der Waals surface area (Å²) >= 11 is 0. The average molecular weight is 421 g/mol. The van der Waals surface area contributed by atoms with Crippen molar-refractivity contribution in [3.63, 3.8) is 0 Å². The Bertz CT molecular complexity index is 919. The summed E-state index contributed by atoms with van der Waals surface area (Å²) in [5.41, 5.74) is 7.54. The van der Waals surface area contributed by atoms with Gasteiger partial charge in [-0.25, -0.2) is 0 Å². The van der Waals surface area contributed by atoms with Crippen molar-refractivity contribution in [2.75, 3.05) is 5.32 Å². The van der Waals surface area contributed by atoms with Crippen molar-refractivity contribution in [1.29, 1.82) is 0 Å². The van der Waals surface area contributed by atoms with Crippen molar-refractivity contribution in [3.05, 3.63) is 58.4 Å². The van der Waals surface area contributed by atoms with E-state index < -0.39 is 0 Å². The van der Waals surface area contributed by atoms with Gasteiger partial charge in [-0.1, -0.05) is 45.9 Å². The zero-order chi connectivity index (χ0) is 22.5. The third-order valence-corrected chi connectivity index (χ3v) is 6.40. The van der Waals surface area contributed by atoms with Crippen LogP contribution >= 0.6 is 0 Å². The maximum absolute atomic E-state index is 4.65. The molecule has 0 radical (unpaired) electrons. The van der Waals surface area contributed by atoms with Gasteiger partial charge in [0.1, 0.15) is 0 Å². The van der Waals surface area contributed by atoms with E-state index >= 15 is 0 Å². The third-order valence-electron chi connectivity index (χ3n) is 6.40. The number of benzene rings is 1. The van der Waals surface area contributed by atoms with E-state index in [4.69, 9.17) is 0 Å². The number of hydrogen-bond acceptors (Lipinski definition) is 3. The number of anilines is 1. The summed E-state index contributed by atoms with van der Waals surface area (Å²) in [5, 5.41) is 11.1. The van der Waals surface area contributed by atoms with Gasteiger partial charge in [0.15, 0.2) is 5.82 Å². The quantitative estimate of drug-likeness (QED) is 0.424. The molecule has 0 amide bonds. The summed E-state index contributed by atoms with van der Waals surface area (Å²) in [4.78, 5) is 4.65. The summed E-state index contributed by atoms with van der Waals surface area (Å²) in [7, 11) is 0. The monoisotopic (exact) mass is 420 g/mol. The summed E-state index contributed by atoms with van der Waals surface area (Å²) in [5.74, 6) is 2.83. The Morgan fingerprint density at radius 2 is 2.03 bits per heavy atom. The first-order valence-corrected chi connectivity index (χ1v) is 11.9. The van der Waals surface area contributed by atoms with Crippen LogP contribution in [0.5, 0.6) is 0 Å². The van der Waals surface area contributed by atoms with Crippen LogP contribution in [0.1, 0.15) is 100 Å². The fourth-order valence-electron chi connectivity index (χ4n) is 4.48. The van der Waals surface area contributed by atoms with Gasteiger partial charge < -0.3 is 5.32 Å². The highest BCUT2D eigenvalue weighted by Gasteiger charge is 2.24. The fraction of sp³-hybridized carbons (Fsp3) is 0.556. The molecule has 1 aromatic heterocycles. The van der Waals surface area contributed by atoms with Crippen LogP contribution in [0, 0.1) is 12.8 Å². The van der Waals surface area contributed by atoms with Gasteiger partial charge in [0.25, 0.3) is 0 Å². The average Bonchev–Trinajstić information content (AvgIpc) is 3.33. The van der Waals surface area contributed by atoms with E-state index in [1.54, 1.807) is 0 Å². The van der Waals surface area contributed by atoms with Crippen molar-refractivity contribution >= 4 is 12.0 Å². The van der Waals surface area contributed by atoms with E-state index in [1.165, 1.54) is 47.2 Å². The lowest BCUT2D eigenvalue weighted by Gasteiger charge is -2.16. The molecule has 0 aliphatic heterocycles. The lowest BCUT2D eigenvalue weighted by Crippen LogP contribution is -2.05. The number of nitrogens with zero attached hydrogens (tertiary/aromatic N) is 2.